The second kappa shape index (κ2) is 7.52. The molecule has 0 unspecified atom stereocenters. The third-order valence-electron chi connectivity index (χ3n) is 2.29. The van der Waals surface area contributed by atoms with Crippen LogP contribution in [0, 0.1) is 17.8 Å². The summed E-state index contributed by atoms with van der Waals surface area (Å²) in [6.45, 7) is 4.86. The molecule has 0 radical (unpaired) electrons. The van der Waals surface area contributed by atoms with E-state index in [0.717, 1.165) is 5.56 Å². The van der Waals surface area contributed by atoms with Crippen LogP contribution in [0.5, 0.6) is 0 Å². The Morgan fingerprint density at radius 3 is 2.56 bits per heavy atom. The highest BCUT2D eigenvalue weighted by Gasteiger charge is 2.04. The lowest BCUT2D eigenvalue weighted by Gasteiger charge is -2.07. The molecule has 3 nitrogen and oxygen atoms in total. The molecule has 96 valence electrons. The highest BCUT2D eigenvalue weighted by atomic mass is 16.2. The highest BCUT2D eigenvalue weighted by molar-refractivity contribution is 5.94. The van der Waals surface area contributed by atoms with Crippen molar-refractivity contribution >= 4 is 5.91 Å². The fourth-order valence-corrected chi connectivity index (χ4v) is 1.32. The van der Waals surface area contributed by atoms with Crippen molar-refractivity contribution < 1.29 is 9.90 Å². The van der Waals surface area contributed by atoms with Crippen LogP contribution in [-0.4, -0.2) is 24.2 Å². The summed E-state index contributed by atoms with van der Waals surface area (Å²) in [5.41, 5.74) is 1.49. The summed E-state index contributed by atoms with van der Waals surface area (Å²) in [6.07, 6.45) is 0.469. The van der Waals surface area contributed by atoms with E-state index in [9.17, 15) is 4.79 Å². The summed E-state index contributed by atoms with van der Waals surface area (Å²) in [5.74, 6) is 6.15. The molecule has 0 aliphatic carbocycles. The van der Waals surface area contributed by atoms with E-state index in [1.54, 1.807) is 12.1 Å². The van der Waals surface area contributed by atoms with Gasteiger partial charge in [0.2, 0.25) is 0 Å². The first-order valence-corrected chi connectivity index (χ1v) is 6.11. The van der Waals surface area contributed by atoms with Gasteiger partial charge >= 0.3 is 0 Å². The Morgan fingerprint density at radius 1 is 1.33 bits per heavy atom. The number of aliphatic hydroxyl groups is 1. The fourth-order valence-electron chi connectivity index (χ4n) is 1.32. The first-order chi connectivity index (χ1) is 8.63. The molecule has 0 saturated heterocycles. The van der Waals surface area contributed by atoms with Gasteiger partial charge in [0.15, 0.2) is 0 Å². The van der Waals surface area contributed by atoms with Crippen molar-refractivity contribution in [3.05, 3.63) is 35.4 Å². The van der Waals surface area contributed by atoms with Crippen LogP contribution in [0.4, 0.5) is 0 Å². The van der Waals surface area contributed by atoms with Crippen molar-refractivity contribution in [3.8, 4) is 11.8 Å². The Labute approximate surface area is 108 Å². The lowest BCUT2D eigenvalue weighted by atomic mass is 10.1. The number of rotatable bonds is 4. The largest absolute Gasteiger partial charge is 0.395 e. The topological polar surface area (TPSA) is 49.3 Å². The van der Waals surface area contributed by atoms with Gasteiger partial charge in [-0.05, 0) is 30.2 Å². The van der Waals surface area contributed by atoms with Crippen LogP contribution in [0.2, 0.25) is 0 Å². The lowest BCUT2D eigenvalue weighted by Crippen LogP contribution is -2.27. The second-order valence-corrected chi connectivity index (χ2v) is 4.46. The van der Waals surface area contributed by atoms with Crippen LogP contribution in [-0.2, 0) is 0 Å². The molecule has 0 aliphatic heterocycles. The number of nitrogens with one attached hydrogen (secondary N) is 1. The average molecular weight is 245 g/mol. The Morgan fingerprint density at radius 2 is 2.00 bits per heavy atom. The molecule has 0 aromatic heterocycles. The number of hydrogen-bond acceptors (Lipinski definition) is 2. The zero-order valence-electron chi connectivity index (χ0n) is 10.9. The van der Waals surface area contributed by atoms with E-state index in [0.29, 0.717) is 24.4 Å². The number of amides is 1. The van der Waals surface area contributed by atoms with E-state index >= 15 is 0 Å². The maximum Gasteiger partial charge on any atom is 0.251 e. The molecule has 2 N–H and O–H groups in total. The minimum Gasteiger partial charge on any atom is -0.395 e. The summed E-state index contributed by atoms with van der Waals surface area (Å²) in [5, 5.41) is 11.5. The predicted octanol–water partition coefficient (Wildman–Crippen LogP) is 1.81. The molecule has 0 saturated carbocycles. The van der Waals surface area contributed by atoms with Gasteiger partial charge < -0.3 is 10.4 Å². The van der Waals surface area contributed by atoms with Crippen LogP contribution in [0.3, 0.4) is 0 Å². The molecule has 1 rings (SSSR count). The Balaban J connectivity index is 2.60. The van der Waals surface area contributed by atoms with Crippen LogP contribution in [0.15, 0.2) is 24.3 Å². The quantitative estimate of drug-likeness (QED) is 0.795. The van der Waals surface area contributed by atoms with E-state index in [-0.39, 0.29) is 12.5 Å². The summed E-state index contributed by atoms with van der Waals surface area (Å²) in [6, 6.07) is 7.15. The smallest absolute Gasteiger partial charge is 0.251 e. The van der Waals surface area contributed by atoms with Crippen LogP contribution in [0.25, 0.3) is 0 Å². The van der Waals surface area contributed by atoms with Crippen molar-refractivity contribution in [3.63, 3.8) is 0 Å². The zero-order chi connectivity index (χ0) is 13.4. The van der Waals surface area contributed by atoms with Crippen molar-refractivity contribution in [1.29, 1.82) is 0 Å². The van der Waals surface area contributed by atoms with Gasteiger partial charge in [0.25, 0.3) is 5.91 Å². The number of benzene rings is 1. The molecule has 1 aromatic rings. The fraction of sp³-hybridized carbons (Fsp3) is 0.400. The zero-order valence-corrected chi connectivity index (χ0v) is 10.9. The monoisotopic (exact) mass is 245 g/mol. The molecule has 0 bridgehead atoms. The molecule has 0 atom stereocenters. The SMILES string of the molecule is CC(C)CNC(=O)c1ccc(C#CCCO)cc1. The number of carbonyl (C=O) groups is 1. The predicted molar refractivity (Wildman–Crippen MR) is 72.2 cm³/mol. The summed E-state index contributed by atoms with van der Waals surface area (Å²) < 4.78 is 0. The van der Waals surface area contributed by atoms with Gasteiger partial charge in [0.05, 0.1) is 6.61 Å². The third kappa shape index (κ3) is 5.03. The van der Waals surface area contributed by atoms with Crippen molar-refractivity contribution in [1.82, 2.24) is 5.32 Å². The van der Waals surface area contributed by atoms with Gasteiger partial charge in [-0.3, -0.25) is 4.79 Å². The summed E-state index contributed by atoms with van der Waals surface area (Å²) >= 11 is 0. The standard InChI is InChI=1S/C15H19NO2/c1-12(2)11-16-15(18)14-8-6-13(7-9-14)5-3-4-10-17/h6-9,12,17H,4,10-11H2,1-2H3,(H,16,18). The normalized spacial score (nSPS) is 9.78. The third-order valence-corrected chi connectivity index (χ3v) is 2.29. The van der Waals surface area contributed by atoms with Gasteiger partial charge in [-0.25, -0.2) is 0 Å². The van der Waals surface area contributed by atoms with E-state index in [1.165, 1.54) is 0 Å². The molecule has 1 amide bonds. The number of hydrogen-bond donors (Lipinski definition) is 2. The molecule has 1 aromatic carbocycles. The molecule has 0 spiro atoms. The van der Waals surface area contributed by atoms with Gasteiger partial charge in [-0.15, -0.1) is 0 Å². The summed E-state index contributed by atoms with van der Waals surface area (Å²) in [4.78, 5) is 11.7. The van der Waals surface area contributed by atoms with Crippen molar-refractivity contribution in [2.45, 2.75) is 20.3 Å². The van der Waals surface area contributed by atoms with E-state index < -0.39 is 0 Å². The molecule has 0 fully saturated rings. The van der Waals surface area contributed by atoms with Crippen LogP contribution >= 0.6 is 0 Å². The van der Waals surface area contributed by atoms with E-state index in [2.05, 4.69) is 31.0 Å². The molecule has 0 aliphatic rings. The summed E-state index contributed by atoms with van der Waals surface area (Å²) in [7, 11) is 0. The molecule has 0 heterocycles. The molecule has 18 heavy (non-hydrogen) atoms. The first-order valence-electron chi connectivity index (χ1n) is 6.11. The van der Waals surface area contributed by atoms with E-state index in [4.69, 9.17) is 5.11 Å². The van der Waals surface area contributed by atoms with Gasteiger partial charge in [-0.1, -0.05) is 25.7 Å². The second-order valence-electron chi connectivity index (χ2n) is 4.46. The minimum absolute atomic E-state index is 0.0569. The van der Waals surface area contributed by atoms with Gasteiger partial charge in [0.1, 0.15) is 0 Å². The van der Waals surface area contributed by atoms with Crippen molar-refractivity contribution in [2.75, 3.05) is 13.2 Å². The molecular formula is C15H19NO2. The maximum atomic E-state index is 11.7. The first kappa shape index (κ1) is 14.3. The molecular weight excluding hydrogens is 226 g/mol. The number of aliphatic hydroxyl groups excluding tert-OH is 1. The maximum absolute atomic E-state index is 11.7. The molecule has 3 heteroatoms. The highest BCUT2D eigenvalue weighted by Crippen LogP contribution is 2.03. The van der Waals surface area contributed by atoms with Crippen LogP contribution in [0.1, 0.15) is 36.2 Å². The number of carbonyl (C=O) groups excluding carboxylic acids is 1. The Bertz CT molecular complexity index is 438. The van der Waals surface area contributed by atoms with E-state index in [1.807, 2.05) is 12.1 Å². The Hall–Kier alpha value is -1.79. The average Bonchev–Trinajstić information content (AvgIpc) is 2.37. The lowest BCUT2D eigenvalue weighted by molar-refractivity contribution is 0.0949. The Kier molecular flexibility index (Phi) is 5.96. The van der Waals surface area contributed by atoms with Crippen LogP contribution < -0.4 is 5.32 Å². The van der Waals surface area contributed by atoms with Gasteiger partial charge in [0, 0.05) is 24.1 Å². The van der Waals surface area contributed by atoms with Crippen molar-refractivity contribution in [2.24, 2.45) is 5.92 Å². The minimum atomic E-state index is -0.0569. The van der Waals surface area contributed by atoms with Gasteiger partial charge in [-0.2, -0.15) is 0 Å².